The molecule has 1 heterocycles. The minimum absolute atomic E-state index is 0.0440. The van der Waals surface area contributed by atoms with Crippen LogP contribution in [0.3, 0.4) is 0 Å². The number of hydrogen-bond donors (Lipinski definition) is 2. The lowest BCUT2D eigenvalue weighted by atomic mass is 9.94. The molecule has 2 aromatic rings. The van der Waals surface area contributed by atoms with Crippen LogP contribution in [-0.4, -0.2) is 29.0 Å². The highest BCUT2D eigenvalue weighted by Gasteiger charge is 2.35. The summed E-state index contributed by atoms with van der Waals surface area (Å²) in [5.74, 6) is 0.763. The van der Waals surface area contributed by atoms with Crippen molar-refractivity contribution in [3.63, 3.8) is 0 Å². The van der Waals surface area contributed by atoms with E-state index >= 15 is 0 Å². The SMILES string of the molecule is NC[C@H]1CCC[C@H]1C(=O)N(Cc1ccccc1)CC(O)c1ccco1. The van der Waals surface area contributed by atoms with Crippen molar-refractivity contribution in [3.05, 3.63) is 60.1 Å². The predicted octanol–water partition coefficient (Wildman–Crippen LogP) is 2.72. The first-order valence-corrected chi connectivity index (χ1v) is 8.93. The van der Waals surface area contributed by atoms with Gasteiger partial charge in [-0.05, 0) is 43.0 Å². The van der Waals surface area contributed by atoms with Crippen LogP contribution in [0.25, 0.3) is 0 Å². The van der Waals surface area contributed by atoms with Gasteiger partial charge in [-0.15, -0.1) is 0 Å². The molecule has 25 heavy (non-hydrogen) atoms. The van der Waals surface area contributed by atoms with Crippen molar-refractivity contribution in [3.8, 4) is 0 Å². The lowest BCUT2D eigenvalue weighted by Gasteiger charge is -2.29. The maximum absolute atomic E-state index is 13.2. The van der Waals surface area contributed by atoms with E-state index in [1.165, 1.54) is 6.26 Å². The van der Waals surface area contributed by atoms with E-state index in [9.17, 15) is 9.90 Å². The van der Waals surface area contributed by atoms with Gasteiger partial charge in [-0.2, -0.15) is 0 Å². The number of aliphatic hydroxyl groups is 1. The zero-order valence-electron chi connectivity index (χ0n) is 14.4. The van der Waals surface area contributed by atoms with E-state index in [1.54, 1.807) is 17.0 Å². The van der Waals surface area contributed by atoms with Crippen molar-refractivity contribution in [2.45, 2.75) is 31.9 Å². The zero-order valence-corrected chi connectivity index (χ0v) is 14.4. The Morgan fingerprint density at radius 1 is 1.24 bits per heavy atom. The molecule has 5 nitrogen and oxygen atoms in total. The zero-order chi connectivity index (χ0) is 17.6. The molecule has 1 aromatic carbocycles. The number of amides is 1. The monoisotopic (exact) mass is 342 g/mol. The molecule has 0 saturated heterocycles. The van der Waals surface area contributed by atoms with Gasteiger partial charge in [0.2, 0.25) is 5.91 Å². The van der Waals surface area contributed by atoms with Crippen LogP contribution in [-0.2, 0) is 11.3 Å². The Morgan fingerprint density at radius 2 is 2.04 bits per heavy atom. The van der Waals surface area contributed by atoms with E-state index in [0.29, 0.717) is 18.8 Å². The van der Waals surface area contributed by atoms with Crippen LogP contribution in [0.1, 0.15) is 36.7 Å². The number of carbonyl (C=O) groups is 1. The fourth-order valence-electron chi connectivity index (χ4n) is 3.69. The van der Waals surface area contributed by atoms with Gasteiger partial charge in [0.25, 0.3) is 0 Å². The van der Waals surface area contributed by atoms with Gasteiger partial charge in [-0.1, -0.05) is 36.8 Å². The van der Waals surface area contributed by atoms with Gasteiger partial charge in [0.05, 0.1) is 12.8 Å². The molecule has 1 saturated carbocycles. The van der Waals surface area contributed by atoms with Crippen LogP contribution in [0.4, 0.5) is 0 Å². The van der Waals surface area contributed by atoms with Crippen LogP contribution in [0.15, 0.2) is 53.1 Å². The number of rotatable bonds is 7. The van der Waals surface area contributed by atoms with Gasteiger partial charge in [-0.25, -0.2) is 0 Å². The van der Waals surface area contributed by atoms with Crippen LogP contribution in [0, 0.1) is 11.8 Å². The summed E-state index contributed by atoms with van der Waals surface area (Å²) >= 11 is 0. The highest BCUT2D eigenvalue weighted by molar-refractivity contribution is 5.79. The minimum Gasteiger partial charge on any atom is -0.467 e. The Kier molecular flexibility index (Phi) is 5.89. The Morgan fingerprint density at radius 3 is 2.72 bits per heavy atom. The molecule has 0 bridgehead atoms. The molecular formula is C20H26N2O3. The van der Waals surface area contributed by atoms with Gasteiger partial charge < -0.3 is 20.2 Å². The molecule has 1 aliphatic carbocycles. The standard InChI is InChI=1S/C20H26N2O3/c21-12-16-8-4-9-17(16)20(24)22(13-15-6-2-1-3-7-15)14-18(23)19-10-5-11-25-19/h1-3,5-7,10-11,16-18,23H,4,8-9,12-14,21H2/t16-,17-,18?/m1/s1. The predicted molar refractivity (Wildman–Crippen MR) is 95.4 cm³/mol. The van der Waals surface area contributed by atoms with Crippen LogP contribution < -0.4 is 5.73 Å². The maximum atomic E-state index is 13.2. The normalized spacial score (nSPS) is 21.2. The number of aliphatic hydroxyl groups excluding tert-OH is 1. The third-order valence-corrected chi connectivity index (χ3v) is 5.07. The summed E-state index contributed by atoms with van der Waals surface area (Å²) in [5, 5.41) is 10.5. The molecule has 1 amide bonds. The number of furan rings is 1. The number of benzene rings is 1. The van der Waals surface area contributed by atoms with Crippen molar-refractivity contribution in [1.29, 1.82) is 0 Å². The first-order chi connectivity index (χ1) is 12.2. The molecule has 1 unspecified atom stereocenters. The van der Waals surface area contributed by atoms with Gasteiger partial charge in [0.15, 0.2) is 0 Å². The summed E-state index contributed by atoms with van der Waals surface area (Å²) in [7, 11) is 0. The number of nitrogens with zero attached hydrogens (tertiary/aromatic N) is 1. The lowest BCUT2D eigenvalue weighted by molar-refractivity contribution is -0.139. The third-order valence-electron chi connectivity index (χ3n) is 5.07. The Hall–Kier alpha value is -2.11. The Balaban J connectivity index is 1.77. The van der Waals surface area contributed by atoms with Crippen molar-refractivity contribution in [2.24, 2.45) is 17.6 Å². The van der Waals surface area contributed by atoms with E-state index in [2.05, 4.69) is 0 Å². The number of carbonyl (C=O) groups excluding carboxylic acids is 1. The third kappa shape index (κ3) is 4.30. The lowest BCUT2D eigenvalue weighted by Crippen LogP contribution is -2.40. The van der Waals surface area contributed by atoms with Crippen molar-refractivity contribution >= 4 is 5.91 Å². The molecule has 134 valence electrons. The Labute approximate surface area is 148 Å². The first kappa shape index (κ1) is 17.7. The van der Waals surface area contributed by atoms with Crippen molar-refractivity contribution < 1.29 is 14.3 Å². The number of hydrogen-bond acceptors (Lipinski definition) is 4. The van der Waals surface area contributed by atoms with Crippen molar-refractivity contribution in [1.82, 2.24) is 4.90 Å². The fourth-order valence-corrected chi connectivity index (χ4v) is 3.69. The molecular weight excluding hydrogens is 316 g/mol. The van der Waals surface area contributed by atoms with E-state index in [1.807, 2.05) is 30.3 Å². The largest absolute Gasteiger partial charge is 0.467 e. The van der Waals surface area contributed by atoms with Gasteiger partial charge in [0, 0.05) is 12.5 Å². The average Bonchev–Trinajstić information content (AvgIpc) is 3.32. The summed E-state index contributed by atoms with van der Waals surface area (Å²) in [6, 6.07) is 13.3. The van der Waals surface area contributed by atoms with E-state index in [0.717, 1.165) is 24.8 Å². The summed E-state index contributed by atoms with van der Waals surface area (Å²) in [4.78, 5) is 14.9. The summed E-state index contributed by atoms with van der Waals surface area (Å²) in [6.45, 7) is 1.23. The molecule has 0 spiro atoms. The highest BCUT2D eigenvalue weighted by Crippen LogP contribution is 2.33. The molecule has 1 aromatic heterocycles. The first-order valence-electron chi connectivity index (χ1n) is 8.93. The maximum Gasteiger partial charge on any atom is 0.226 e. The van der Waals surface area contributed by atoms with Crippen molar-refractivity contribution in [2.75, 3.05) is 13.1 Å². The van der Waals surface area contributed by atoms with Gasteiger partial charge in [0.1, 0.15) is 11.9 Å². The van der Waals surface area contributed by atoms with E-state index in [4.69, 9.17) is 10.2 Å². The molecule has 0 radical (unpaired) electrons. The topological polar surface area (TPSA) is 79.7 Å². The highest BCUT2D eigenvalue weighted by atomic mass is 16.4. The summed E-state index contributed by atoms with van der Waals surface area (Å²) in [5.41, 5.74) is 6.90. The van der Waals surface area contributed by atoms with E-state index < -0.39 is 6.10 Å². The summed E-state index contributed by atoms with van der Waals surface area (Å²) < 4.78 is 5.29. The molecule has 1 aliphatic rings. The quantitative estimate of drug-likeness (QED) is 0.811. The average molecular weight is 342 g/mol. The van der Waals surface area contributed by atoms with Gasteiger partial charge in [-0.3, -0.25) is 4.79 Å². The van der Waals surface area contributed by atoms with Crippen LogP contribution in [0.5, 0.6) is 0 Å². The second-order valence-corrected chi connectivity index (χ2v) is 6.77. The summed E-state index contributed by atoms with van der Waals surface area (Å²) in [6.07, 6.45) is 3.62. The molecule has 3 N–H and O–H groups in total. The Bertz CT molecular complexity index is 657. The molecule has 0 aliphatic heterocycles. The molecule has 1 fully saturated rings. The second-order valence-electron chi connectivity index (χ2n) is 6.77. The second kappa shape index (κ2) is 8.32. The molecule has 3 atom stereocenters. The van der Waals surface area contributed by atoms with E-state index in [-0.39, 0.29) is 24.3 Å². The number of nitrogens with two attached hydrogens (primary N) is 1. The van der Waals surface area contributed by atoms with Gasteiger partial charge >= 0.3 is 0 Å². The fraction of sp³-hybridized carbons (Fsp3) is 0.450. The molecule has 3 rings (SSSR count). The molecule has 5 heteroatoms. The van der Waals surface area contributed by atoms with Crippen LogP contribution in [0.2, 0.25) is 0 Å². The smallest absolute Gasteiger partial charge is 0.226 e. The minimum atomic E-state index is -0.833. The van der Waals surface area contributed by atoms with Crippen LogP contribution >= 0.6 is 0 Å².